The van der Waals surface area contributed by atoms with Gasteiger partial charge in [0.15, 0.2) is 0 Å². The van der Waals surface area contributed by atoms with E-state index >= 15 is 0 Å². The van der Waals surface area contributed by atoms with E-state index in [1.165, 1.54) is 0 Å². The number of aliphatic hydroxyl groups excluding tert-OH is 1. The summed E-state index contributed by atoms with van der Waals surface area (Å²) in [5.74, 6) is 0.546. The maximum absolute atomic E-state index is 12.0. The number of nitrogens with zero attached hydrogens (tertiary/aromatic N) is 1. The molecule has 0 saturated carbocycles. The second-order valence-corrected chi connectivity index (χ2v) is 4.63. The molecule has 4 nitrogen and oxygen atoms in total. The van der Waals surface area contributed by atoms with Gasteiger partial charge >= 0.3 is 0 Å². The first-order valence-electron chi connectivity index (χ1n) is 5.73. The number of hydrogen-bond donors (Lipinski definition) is 1. The molecule has 0 radical (unpaired) electrons. The molecular weight excluding hydrogens is 194 g/mol. The first kappa shape index (κ1) is 10.9. The molecule has 2 aliphatic heterocycles. The Balaban J connectivity index is 1.87. The Kier molecular flexibility index (Phi) is 3.26. The van der Waals surface area contributed by atoms with E-state index in [1.54, 1.807) is 6.92 Å². The van der Waals surface area contributed by atoms with Crippen molar-refractivity contribution in [2.24, 2.45) is 11.8 Å². The Morgan fingerprint density at radius 2 is 2.33 bits per heavy atom. The summed E-state index contributed by atoms with van der Waals surface area (Å²) in [5, 5.41) is 9.45. The molecule has 86 valence electrons. The van der Waals surface area contributed by atoms with Crippen LogP contribution in [-0.4, -0.2) is 48.3 Å². The van der Waals surface area contributed by atoms with E-state index in [9.17, 15) is 9.90 Å². The van der Waals surface area contributed by atoms with E-state index < -0.39 is 0 Å². The molecule has 3 atom stereocenters. The highest BCUT2D eigenvalue weighted by atomic mass is 16.5. The second-order valence-electron chi connectivity index (χ2n) is 4.63. The molecule has 2 saturated heterocycles. The van der Waals surface area contributed by atoms with Gasteiger partial charge in [0.05, 0.1) is 18.6 Å². The second kappa shape index (κ2) is 4.49. The van der Waals surface area contributed by atoms with E-state index in [2.05, 4.69) is 0 Å². The minimum Gasteiger partial charge on any atom is -0.393 e. The van der Waals surface area contributed by atoms with E-state index in [0.29, 0.717) is 19.8 Å². The monoisotopic (exact) mass is 213 g/mol. The molecule has 0 bridgehead atoms. The number of carbonyl (C=O) groups is 1. The lowest BCUT2D eigenvalue weighted by Gasteiger charge is -2.20. The normalized spacial score (nSPS) is 33.3. The lowest BCUT2D eigenvalue weighted by Crippen LogP contribution is -2.35. The third-order valence-corrected chi connectivity index (χ3v) is 3.50. The largest absolute Gasteiger partial charge is 0.393 e. The predicted octanol–water partition coefficient (Wildman–Crippen LogP) is 0.252. The van der Waals surface area contributed by atoms with Crippen LogP contribution in [0.1, 0.15) is 19.8 Å². The van der Waals surface area contributed by atoms with Crippen LogP contribution in [0.2, 0.25) is 0 Å². The molecule has 0 spiro atoms. The third-order valence-electron chi connectivity index (χ3n) is 3.50. The van der Waals surface area contributed by atoms with Crippen molar-refractivity contribution in [1.82, 2.24) is 4.90 Å². The molecule has 1 N–H and O–H groups in total. The minimum absolute atomic E-state index is 0.0674. The van der Waals surface area contributed by atoms with Crippen LogP contribution < -0.4 is 0 Å². The highest BCUT2D eigenvalue weighted by molar-refractivity contribution is 5.79. The lowest BCUT2D eigenvalue weighted by atomic mass is 10.0. The zero-order chi connectivity index (χ0) is 10.8. The maximum Gasteiger partial charge on any atom is 0.228 e. The number of amides is 1. The fourth-order valence-electron chi connectivity index (χ4n) is 2.37. The first-order chi connectivity index (χ1) is 7.18. The van der Waals surface area contributed by atoms with Crippen molar-refractivity contribution in [3.8, 4) is 0 Å². The Morgan fingerprint density at radius 3 is 2.87 bits per heavy atom. The number of hydrogen-bond acceptors (Lipinski definition) is 3. The molecule has 2 aliphatic rings. The van der Waals surface area contributed by atoms with Crippen LogP contribution in [0.5, 0.6) is 0 Å². The van der Waals surface area contributed by atoms with E-state index in [4.69, 9.17) is 4.74 Å². The zero-order valence-electron chi connectivity index (χ0n) is 9.19. The summed E-state index contributed by atoms with van der Waals surface area (Å²) in [4.78, 5) is 13.9. The number of ether oxygens (including phenoxy) is 1. The molecule has 2 heterocycles. The van der Waals surface area contributed by atoms with Gasteiger partial charge in [-0.25, -0.2) is 0 Å². The lowest BCUT2D eigenvalue weighted by molar-refractivity contribution is -0.134. The van der Waals surface area contributed by atoms with Crippen LogP contribution in [0.25, 0.3) is 0 Å². The Labute approximate surface area is 90.2 Å². The average Bonchev–Trinajstić information content (AvgIpc) is 2.88. The molecule has 4 heteroatoms. The van der Waals surface area contributed by atoms with Crippen molar-refractivity contribution in [3.63, 3.8) is 0 Å². The van der Waals surface area contributed by atoms with E-state index in [1.807, 2.05) is 4.90 Å². The van der Waals surface area contributed by atoms with Gasteiger partial charge in [0.25, 0.3) is 0 Å². The topological polar surface area (TPSA) is 49.8 Å². The summed E-state index contributed by atoms with van der Waals surface area (Å²) in [7, 11) is 0. The summed E-state index contributed by atoms with van der Waals surface area (Å²) < 4.78 is 5.22. The molecule has 2 rings (SSSR count). The van der Waals surface area contributed by atoms with Crippen LogP contribution in [0.15, 0.2) is 0 Å². The smallest absolute Gasteiger partial charge is 0.228 e. The minimum atomic E-state index is -0.303. The highest BCUT2D eigenvalue weighted by Crippen LogP contribution is 2.23. The molecule has 0 aromatic heterocycles. The molecule has 0 aromatic carbocycles. The molecule has 2 fully saturated rings. The van der Waals surface area contributed by atoms with Gasteiger partial charge in [-0.05, 0) is 19.8 Å². The summed E-state index contributed by atoms with van der Waals surface area (Å²) in [6, 6.07) is 0. The van der Waals surface area contributed by atoms with E-state index in [0.717, 1.165) is 19.4 Å². The number of carbonyl (C=O) groups excluding carboxylic acids is 1. The third kappa shape index (κ3) is 2.32. The van der Waals surface area contributed by atoms with Crippen molar-refractivity contribution in [2.75, 3.05) is 26.3 Å². The SMILES string of the molecule is CC(O)C1CCN(C(=O)C2CCOC2)C1. The quantitative estimate of drug-likeness (QED) is 0.715. The molecule has 0 aliphatic carbocycles. The highest BCUT2D eigenvalue weighted by Gasteiger charge is 2.33. The molecule has 3 unspecified atom stereocenters. The van der Waals surface area contributed by atoms with Crippen LogP contribution in [0.3, 0.4) is 0 Å². The van der Waals surface area contributed by atoms with Crippen LogP contribution in [0.4, 0.5) is 0 Å². The zero-order valence-corrected chi connectivity index (χ0v) is 9.19. The fraction of sp³-hybridized carbons (Fsp3) is 0.909. The maximum atomic E-state index is 12.0. The molecule has 15 heavy (non-hydrogen) atoms. The molecular formula is C11H19NO3. The van der Waals surface area contributed by atoms with Gasteiger partial charge in [-0.15, -0.1) is 0 Å². The van der Waals surface area contributed by atoms with Gasteiger partial charge in [-0.2, -0.15) is 0 Å². The Bertz CT molecular complexity index is 236. The van der Waals surface area contributed by atoms with Gasteiger partial charge < -0.3 is 14.7 Å². The molecule has 1 amide bonds. The summed E-state index contributed by atoms with van der Waals surface area (Å²) in [6.45, 7) is 4.61. The van der Waals surface area contributed by atoms with Gasteiger partial charge in [0.2, 0.25) is 5.91 Å². The fourth-order valence-corrected chi connectivity index (χ4v) is 2.37. The van der Waals surface area contributed by atoms with Gasteiger partial charge in [-0.3, -0.25) is 4.79 Å². The summed E-state index contributed by atoms with van der Waals surface area (Å²) in [6.07, 6.45) is 1.48. The first-order valence-corrected chi connectivity index (χ1v) is 5.73. The van der Waals surface area contributed by atoms with Gasteiger partial charge in [0, 0.05) is 25.6 Å². The van der Waals surface area contributed by atoms with Gasteiger partial charge in [-0.1, -0.05) is 0 Å². The van der Waals surface area contributed by atoms with Crippen LogP contribution >= 0.6 is 0 Å². The number of aliphatic hydroxyl groups is 1. The summed E-state index contributed by atoms with van der Waals surface area (Å²) in [5.41, 5.74) is 0. The standard InChI is InChI=1S/C11H19NO3/c1-8(13)9-2-4-12(6-9)11(14)10-3-5-15-7-10/h8-10,13H,2-7H2,1H3. The Morgan fingerprint density at radius 1 is 1.53 bits per heavy atom. The van der Waals surface area contributed by atoms with Crippen molar-refractivity contribution in [2.45, 2.75) is 25.9 Å². The van der Waals surface area contributed by atoms with Crippen molar-refractivity contribution in [3.05, 3.63) is 0 Å². The van der Waals surface area contributed by atoms with E-state index in [-0.39, 0.29) is 23.8 Å². The van der Waals surface area contributed by atoms with Crippen molar-refractivity contribution in [1.29, 1.82) is 0 Å². The van der Waals surface area contributed by atoms with Crippen LogP contribution in [-0.2, 0) is 9.53 Å². The molecule has 0 aromatic rings. The number of likely N-dealkylation sites (tertiary alicyclic amines) is 1. The van der Waals surface area contributed by atoms with Crippen LogP contribution in [0, 0.1) is 11.8 Å². The van der Waals surface area contributed by atoms with Crippen molar-refractivity contribution >= 4 is 5.91 Å². The van der Waals surface area contributed by atoms with Crippen molar-refractivity contribution < 1.29 is 14.6 Å². The average molecular weight is 213 g/mol. The summed E-state index contributed by atoms with van der Waals surface area (Å²) >= 11 is 0. The van der Waals surface area contributed by atoms with Gasteiger partial charge in [0.1, 0.15) is 0 Å². The number of rotatable bonds is 2. The Hall–Kier alpha value is -0.610. The predicted molar refractivity (Wildman–Crippen MR) is 55.3 cm³/mol.